The van der Waals surface area contributed by atoms with Crippen LogP contribution < -0.4 is 19.3 Å². The van der Waals surface area contributed by atoms with Gasteiger partial charge in [-0.3, -0.25) is 4.98 Å². The van der Waals surface area contributed by atoms with Crippen LogP contribution >= 0.6 is 0 Å². The lowest BCUT2D eigenvalue weighted by Crippen LogP contribution is -2.47. The summed E-state index contributed by atoms with van der Waals surface area (Å²) in [6.07, 6.45) is 9.95. The first-order valence-corrected chi connectivity index (χ1v) is 13.9. The number of rotatable bonds is 8. The highest BCUT2D eigenvalue weighted by Crippen LogP contribution is 2.42. The lowest BCUT2D eigenvalue weighted by Gasteiger charge is -2.47. The Hall–Kier alpha value is -3.24. The van der Waals surface area contributed by atoms with Crippen molar-refractivity contribution in [1.29, 1.82) is 0 Å². The van der Waals surface area contributed by atoms with Crippen LogP contribution in [-0.4, -0.2) is 62.7 Å². The van der Waals surface area contributed by atoms with E-state index in [1.165, 1.54) is 24.9 Å². The summed E-state index contributed by atoms with van der Waals surface area (Å²) >= 11 is 0. The van der Waals surface area contributed by atoms with Crippen molar-refractivity contribution in [2.45, 2.75) is 30.6 Å². The largest absolute Gasteiger partial charge is 0.476 e. The third-order valence-electron chi connectivity index (χ3n) is 7.33. The molecular weight excluding hydrogens is 476 g/mol. The van der Waals surface area contributed by atoms with Crippen molar-refractivity contribution < 1.29 is 13.2 Å². The highest BCUT2D eigenvalue weighted by Gasteiger charge is 2.38. The van der Waals surface area contributed by atoms with E-state index in [0.29, 0.717) is 11.3 Å². The van der Waals surface area contributed by atoms with Gasteiger partial charge in [0.05, 0.1) is 4.90 Å². The van der Waals surface area contributed by atoms with Gasteiger partial charge in [-0.25, -0.2) is 23.1 Å². The van der Waals surface area contributed by atoms with Crippen molar-refractivity contribution in [3.8, 4) is 5.88 Å². The highest BCUT2D eigenvalue weighted by molar-refractivity contribution is 7.89. The highest BCUT2D eigenvalue weighted by atomic mass is 32.2. The number of aromatic nitrogens is 3. The predicted molar refractivity (Wildman–Crippen MR) is 139 cm³/mol. The van der Waals surface area contributed by atoms with Gasteiger partial charge in [-0.05, 0) is 55.4 Å². The molecule has 36 heavy (non-hydrogen) atoms. The molecule has 2 aromatic heterocycles. The summed E-state index contributed by atoms with van der Waals surface area (Å²) in [6, 6.07) is 14.3. The first-order chi connectivity index (χ1) is 17.5. The lowest BCUT2D eigenvalue weighted by molar-refractivity contribution is 0.166. The summed E-state index contributed by atoms with van der Waals surface area (Å²) in [5.41, 5.74) is 1.67. The third kappa shape index (κ3) is 5.76. The standard InChI is InChI=1S/C26H32N6O3S/c33-36(34,23-4-2-1-3-5-23)30-14-19-35-25-20-24(28-21-29-25)32-17-10-26(11-18-32)8-15-31(16-9-26)22-6-12-27-13-7-22/h1-7,12-13,20-21,30H,8-11,14-19H2. The lowest BCUT2D eigenvalue weighted by atomic mass is 9.71. The molecule has 1 spiro atoms. The van der Waals surface area contributed by atoms with Crippen LogP contribution in [0.3, 0.4) is 0 Å². The molecular formula is C26H32N6O3S. The van der Waals surface area contributed by atoms with Crippen LogP contribution in [0.15, 0.2) is 72.1 Å². The van der Waals surface area contributed by atoms with Crippen LogP contribution in [0, 0.1) is 5.41 Å². The Kier molecular flexibility index (Phi) is 7.33. The number of sulfonamides is 1. The molecule has 9 nitrogen and oxygen atoms in total. The van der Waals surface area contributed by atoms with Gasteiger partial charge in [-0.2, -0.15) is 0 Å². The van der Waals surface area contributed by atoms with Gasteiger partial charge in [-0.1, -0.05) is 18.2 Å². The van der Waals surface area contributed by atoms with E-state index < -0.39 is 10.0 Å². The fraction of sp³-hybridized carbons (Fsp3) is 0.423. The molecule has 4 heterocycles. The maximum atomic E-state index is 12.3. The maximum Gasteiger partial charge on any atom is 0.240 e. The Morgan fingerprint density at radius 1 is 0.889 bits per heavy atom. The quantitative estimate of drug-likeness (QED) is 0.463. The molecule has 190 valence electrons. The minimum absolute atomic E-state index is 0.152. The molecule has 0 unspecified atom stereocenters. The predicted octanol–water partition coefficient (Wildman–Crippen LogP) is 3.12. The van der Waals surface area contributed by atoms with Crippen LogP contribution in [0.5, 0.6) is 5.88 Å². The van der Waals surface area contributed by atoms with Crippen molar-refractivity contribution in [3.63, 3.8) is 0 Å². The van der Waals surface area contributed by atoms with Gasteiger partial charge < -0.3 is 14.5 Å². The fourth-order valence-corrected chi connectivity index (χ4v) is 6.13. The molecule has 10 heteroatoms. The Morgan fingerprint density at radius 2 is 1.56 bits per heavy atom. The molecule has 0 bridgehead atoms. The van der Waals surface area contributed by atoms with E-state index in [9.17, 15) is 8.42 Å². The SMILES string of the molecule is O=S(=O)(NCCOc1cc(N2CCC3(CCN(c4ccncc4)CC3)CC2)ncn1)c1ccccc1. The normalized spacial score (nSPS) is 17.8. The van der Waals surface area contributed by atoms with Gasteiger partial charge in [0, 0.05) is 56.9 Å². The molecule has 3 aromatic rings. The molecule has 0 atom stereocenters. The molecule has 0 radical (unpaired) electrons. The van der Waals surface area contributed by atoms with Crippen molar-refractivity contribution in [2.24, 2.45) is 5.41 Å². The molecule has 0 amide bonds. The van der Waals surface area contributed by atoms with Gasteiger partial charge in [0.1, 0.15) is 18.8 Å². The topological polar surface area (TPSA) is 101 Å². The number of benzene rings is 1. The maximum absolute atomic E-state index is 12.3. The zero-order chi connectivity index (χ0) is 24.8. The number of nitrogens with zero attached hydrogens (tertiary/aromatic N) is 5. The summed E-state index contributed by atoms with van der Waals surface area (Å²) in [5, 5.41) is 0. The third-order valence-corrected chi connectivity index (χ3v) is 8.80. The summed E-state index contributed by atoms with van der Waals surface area (Å²) in [5.74, 6) is 1.30. The van der Waals surface area contributed by atoms with E-state index in [0.717, 1.165) is 44.8 Å². The van der Waals surface area contributed by atoms with Crippen LogP contribution in [0.4, 0.5) is 11.5 Å². The summed E-state index contributed by atoms with van der Waals surface area (Å²) in [7, 11) is -3.55. The number of hydrogen-bond donors (Lipinski definition) is 1. The van der Waals surface area contributed by atoms with Gasteiger partial charge in [0.25, 0.3) is 0 Å². The minimum Gasteiger partial charge on any atom is -0.476 e. The van der Waals surface area contributed by atoms with Crippen molar-refractivity contribution in [2.75, 3.05) is 49.1 Å². The van der Waals surface area contributed by atoms with Gasteiger partial charge in [0.2, 0.25) is 15.9 Å². The zero-order valence-electron chi connectivity index (χ0n) is 20.3. The number of nitrogens with one attached hydrogen (secondary N) is 1. The fourth-order valence-electron chi connectivity index (χ4n) is 5.10. The molecule has 2 aliphatic heterocycles. The molecule has 0 saturated carbocycles. The number of anilines is 2. The average Bonchev–Trinajstić information content (AvgIpc) is 2.93. The van der Waals surface area contributed by atoms with Crippen molar-refractivity contribution >= 4 is 21.5 Å². The summed E-state index contributed by atoms with van der Waals surface area (Å²) < 4.78 is 32.9. The molecule has 2 fully saturated rings. The zero-order valence-corrected chi connectivity index (χ0v) is 21.1. The van der Waals surface area contributed by atoms with E-state index in [-0.39, 0.29) is 18.0 Å². The molecule has 1 aromatic carbocycles. The summed E-state index contributed by atoms with van der Waals surface area (Å²) in [4.78, 5) is 17.8. The van der Waals surface area contributed by atoms with Crippen molar-refractivity contribution in [1.82, 2.24) is 19.7 Å². The van der Waals surface area contributed by atoms with Gasteiger partial charge in [0.15, 0.2) is 0 Å². The van der Waals surface area contributed by atoms with E-state index >= 15 is 0 Å². The Bertz CT molecular complexity index is 1220. The van der Waals surface area contributed by atoms with E-state index in [4.69, 9.17) is 4.74 Å². The molecule has 0 aliphatic carbocycles. The first kappa shape index (κ1) is 24.5. The second kappa shape index (κ2) is 10.8. The number of piperidine rings is 2. The second-order valence-electron chi connectivity index (χ2n) is 9.45. The van der Waals surface area contributed by atoms with E-state index in [2.05, 4.69) is 41.6 Å². The Morgan fingerprint density at radius 3 is 2.25 bits per heavy atom. The average molecular weight is 509 g/mol. The molecule has 1 N–H and O–H groups in total. The van der Waals surface area contributed by atoms with Crippen LogP contribution in [0.25, 0.3) is 0 Å². The number of pyridine rings is 1. The Labute approximate surface area is 212 Å². The molecule has 2 saturated heterocycles. The smallest absolute Gasteiger partial charge is 0.240 e. The van der Waals surface area contributed by atoms with Crippen molar-refractivity contribution in [3.05, 3.63) is 67.3 Å². The minimum atomic E-state index is -3.55. The van der Waals surface area contributed by atoms with Crippen LogP contribution in [0.1, 0.15) is 25.7 Å². The molecule has 2 aliphatic rings. The monoisotopic (exact) mass is 508 g/mol. The number of hydrogen-bond acceptors (Lipinski definition) is 8. The van der Waals surface area contributed by atoms with E-state index in [1.54, 1.807) is 30.3 Å². The number of ether oxygens (including phenoxy) is 1. The van der Waals surface area contributed by atoms with Gasteiger partial charge >= 0.3 is 0 Å². The van der Waals surface area contributed by atoms with Gasteiger partial charge in [-0.15, -0.1) is 0 Å². The molecule has 5 rings (SSSR count). The van der Waals surface area contributed by atoms with Crippen LogP contribution in [0.2, 0.25) is 0 Å². The second-order valence-corrected chi connectivity index (χ2v) is 11.2. The first-order valence-electron chi connectivity index (χ1n) is 12.4. The van der Waals surface area contributed by atoms with E-state index in [1.807, 2.05) is 18.5 Å². The Balaban J connectivity index is 1.09. The summed E-state index contributed by atoms with van der Waals surface area (Å²) in [6.45, 7) is 4.43. The van der Waals surface area contributed by atoms with Crippen LogP contribution in [-0.2, 0) is 10.0 Å².